The molecule has 3 aromatic rings. The highest BCUT2D eigenvalue weighted by Gasteiger charge is 2.29. The van der Waals surface area contributed by atoms with E-state index in [0.29, 0.717) is 34.6 Å². The molecule has 3 aromatic heterocycles. The van der Waals surface area contributed by atoms with Crippen LogP contribution in [0.2, 0.25) is 0 Å². The van der Waals surface area contributed by atoms with E-state index in [0.717, 1.165) is 35.4 Å². The largest absolute Gasteiger partial charge is 0.477 e. The molecule has 0 aliphatic heterocycles. The number of thiophene rings is 1. The molecule has 0 amide bonds. The van der Waals surface area contributed by atoms with Crippen molar-refractivity contribution < 1.29 is 14.4 Å². The Morgan fingerprint density at radius 1 is 1.46 bits per heavy atom. The van der Waals surface area contributed by atoms with Crippen LogP contribution >= 0.6 is 11.3 Å². The van der Waals surface area contributed by atoms with Gasteiger partial charge in [-0.05, 0) is 25.3 Å². The highest BCUT2D eigenvalue weighted by Crippen LogP contribution is 2.38. The van der Waals surface area contributed by atoms with E-state index in [1.165, 1.54) is 6.33 Å². The van der Waals surface area contributed by atoms with E-state index >= 15 is 0 Å². The first-order chi connectivity index (χ1) is 11.5. The van der Waals surface area contributed by atoms with Crippen LogP contribution < -0.4 is 4.90 Å². The summed E-state index contributed by atoms with van der Waals surface area (Å²) < 4.78 is 5.31. The van der Waals surface area contributed by atoms with Gasteiger partial charge in [-0.3, -0.25) is 0 Å². The lowest BCUT2D eigenvalue weighted by atomic mass is 10.2. The lowest BCUT2D eigenvalue weighted by Gasteiger charge is -2.16. The summed E-state index contributed by atoms with van der Waals surface area (Å²) in [7, 11) is 1.86. The fourth-order valence-electron chi connectivity index (χ4n) is 2.66. The number of aromatic carboxylic acids is 1. The molecule has 1 aliphatic carbocycles. The van der Waals surface area contributed by atoms with Crippen LogP contribution in [0.5, 0.6) is 0 Å². The van der Waals surface area contributed by atoms with Gasteiger partial charge in [0.2, 0.25) is 5.89 Å². The van der Waals surface area contributed by atoms with Crippen molar-refractivity contribution in [3.8, 4) is 0 Å². The molecule has 4 rings (SSSR count). The van der Waals surface area contributed by atoms with Crippen molar-refractivity contribution in [3.63, 3.8) is 0 Å². The van der Waals surface area contributed by atoms with Crippen LogP contribution in [0.1, 0.15) is 45.7 Å². The lowest BCUT2D eigenvalue weighted by molar-refractivity contribution is 0.0701. The molecule has 124 valence electrons. The molecule has 0 bridgehead atoms. The Labute approximate surface area is 141 Å². The summed E-state index contributed by atoms with van der Waals surface area (Å²) in [6, 6.07) is 0. The zero-order chi connectivity index (χ0) is 16.8. The molecular formula is C15H15N5O3S. The second-order valence-corrected chi connectivity index (χ2v) is 6.91. The average Bonchev–Trinajstić information content (AvgIpc) is 3.21. The van der Waals surface area contributed by atoms with Crippen LogP contribution in [0.25, 0.3) is 10.2 Å². The Morgan fingerprint density at radius 2 is 2.25 bits per heavy atom. The topological polar surface area (TPSA) is 105 Å². The van der Waals surface area contributed by atoms with E-state index in [1.807, 2.05) is 11.9 Å². The van der Waals surface area contributed by atoms with Gasteiger partial charge < -0.3 is 14.5 Å². The van der Waals surface area contributed by atoms with Crippen LogP contribution in [0, 0.1) is 6.92 Å². The fourth-order valence-corrected chi connectivity index (χ4v) is 3.65. The summed E-state index contributed by atoms with van der Waals surface area (Å²) in [4.78, 5) is 27.1. The van der Waals surface area contributed by atoms with E-state index in [2.05, 4.69) is 20.1 Å². The van der Waals surface area contributed by atoms with Gasteiger partial charge in [-0.25, -0.2) is 14.8 Å². The third-order valence-corrected chi connectivity index (χ3v) is 5.25. The number of aryl methyl sites for hydroxylation is 1. The number of nitrogens with zero attached hydrogens (tertiary/aromatic N) is 5. The number of carboxylic acids is 1. The van der Waals surface area contributed by atoms with E-state index in [9.17, 15) is 9.90 Å². The third-order valence-electron chi connectivity index (χ3n) is 4.06. The van der Waals surface area contributed by atoms with Crippen molar-refractivity contribution in [2.75, 3.05) is 11.9 Å². The number of rotatable bonds is 5. The molecule has 0 radical (unpaired) electrons. The Hall–Kier alpha value is -2.55. The van der Waals surface area contributed by atoms with E-state index in [4.69, 9.17) is 4.52 Å². The molecule has 1 aliphatic rings. The van der Waals surface area contributed by atoms with Gasteiger partial charge in [0.1, 0.15) is 21.9 Å². The maximum absolute atomic E-state index is 11.4. The number of aromatic nitrogens is 4. The predicted molar refractivity (Wildman–Crippen MR) is 87.5 cm³/mol. The summed E-state index contributed by atoms with van der Waals surface area (Å²) in [5, 5.41) is 14.1. The summed E-state index contributed by atoms with van der Waals surface area (Å²) in [6.45, 7) is 2.18. The van der Waals surface area contributed by atoms with Crippen LogP contribution in [0.4, 0.5) is 5.82 Å². The summed E-state index contributed by atoms with van der Waals surface area (Å²) in [5.41, 5.74) is 0.675. The number of hydrogen-bond donors (Lipinski definition) is 1. The monoisotopic (exact) mass is 345 g/mol. The average molecular weight is 345 g/mol. The zero-order valence-corrected chi connectivity index (χ0v) is 14.0. The van der Waals surface area contributed by atoms with E-state index in [1.54, 1.807) is 6.92 Å². The molecular weight excluding hydrogens is 330 g/mol. The van der Waals surface area contributed by atoms with Crippen LogP contribution in [0.15, 0.2) is 10.9 Å². The van der Waals surface area contributed by atoms with Gasteiger partial charge in [0.05, 0.1) is 11.9 Å². The van der Waals surface area contributed by atoms with Gasteiger partial charge in [0, 0.05) is 13.0 Å². The minimum atomic E-state index is -0.949. The molecule has 0 unspecified atom stereocenters. The predicted octanol–water partition coefficient (Wildman–Crippen LogP) is 2.59. The normalized spacial score (nSPS) is 14.2. The summed E-state index contributed by atoms with van der Waals surface area (Å²) in [6.07, 6.45) is 3.68. The number of carboxylic acid groups (broad SMARTS) is 1. The van der Waals surface area contributed by atoms with E-state index < -0.39 is 5.97 Å². The smallest absolute Gasteiger partial charge is 0.346 e. The van der Waals surface area contributed by atoms with Gasteiger partial charge in [-0.15, -0.1) is 11.3 Å². The van der Waals surface area contributed by atoms with Crippen LogP contribution in [-0.4, -0.2) is 38.2 Å². The number of anilines is 1. The summed E-state index contributed by atoms with van der Waals surface area (Å²) >= 11 is 1.16. The zero-order valence-electron chi connectivity index (χ0n) is 13.2. The number of hydrogen-bond acceptors (Lipinski definition) is 8. The van der Waals surface area contributed by atoms with Gasteiger partial charge in [0.15, 0.2) is 5.82 Å². The van der Waals surface area contributed by atoms with E-state index in [-0.39, 0.29) is 4.88 Å². The number of fused-ring (bicyclic) bond motifs is 1. The standard InChI is InChI=1S/C15H15N5O3S/c1-7-10-13(16-6-17-14(10)24-11(7)15(21)22)20(2)5-9-18-12(19-23-9)8-3-4-8/h6,8H,3-5H2,1-2H3,(H,21,22). The maximum atomic E-state index is 11.4. The molecule has 24 heavy (non-hydrogen) atoms. The second kappa shape index (κ2) is 5.52. The van der Waals surface area contributed by atoms with Crippen LogP contribution in [0.3, 0.4) is 0 Å². The van der Waals surface area contributed by atoms with Crippen molar-refractivity contribution in [2.24, 2.45) is 0 Å². The molecule has 1 N–H and O–H groups in total. The molecule has 0 saturated heterocycles. The Kier molecular flexibility index (Phi) is 3.45. The first-order valence-electron chi connectivity index (χ1n) is 7.55. The van der Waals surface area contributed by atoms with Gasteiger partial charge in [-0.1, -0.05) is 5.16 Å². The molecule has 8 nitrogen and oxygen atoms in total. The van der Waals surface area contributed by atoms with Crippen molar-refractivity contribution in [2.45, 2.75) is 32.2 Å². The molecule has 1 saturated carbocycles. The minimum absolute atomic E-state index is 0.286. The fraction of sp³-hybridized carbons (Fsp3) is 0.400. The van der Waals surface area contributed by atoms with Gasteiger partial charge in [0.25, 0.3) is 0 Å². The van der Waals surface area contributed by atoms with Crippen molar-refractivity contribution in [3.05, 3.63) is 28.5 Å². The third kappa shape index (κ3) is 2.50. The summed E-state index contributed by atoms with van der Waals surface area (Å²) in [5.74, 6) is 1.45. The van der Waals surface area contributed by atoms with Crippen molar-refractivity contribution in [1.82, 2.24) is 20.1 Å². The Bertz CT molecular complexity index is 930. The van der Waals surface area contributed by atoms with Crippen molar-refractivity contribution >= 4 is 33.3 Å². The molecule has 0 aromatic carbocycles. The highest BCUT2D eigenvalue weighted by molar-refractivity contribution is 7.20. The first kappa shape index (κ1) is 15.0. The molecule has 9 heteroatoms. The molecule has 0 atom stereocenters. The number of carbonyl (C=O) groups is 1. The Morgan fingerprint density at radius 3 is 2.96 bits per heavy atom. The minimum Gasteiger partial charge on any atom is -0.477 e. The second-order valence-electron chi connectivity index (χ2n) is 5.92. The Balaban J connectivity index is 1.67. The van der Waals surface area contributed by atoms with Crippen molar-refractivity contribution in [1.29, 1.82) is 0 Å². The molecule has 0 spiro atoms. The first-order valence-corrected chi connectivity index (χ1v) is 8.37. The SMILES string of the molecule is Cc1c(C(=O)O)sc2ncnc(N(C)Cc3nc(C4CC4)no3)c12. The maximum Gasteiger partial charge on any atom is 0.346 e. The lowest BCUT2D eigenvalue weighted by Crippen LogP contribution is -2.18. The molecule has 3 heterocycles. The van der Waals surface area contributed by atoms with Crippen LogP contribution in [-0.2, 0) is 6.54 Å². The molecule has 1 fully saturated rings. The van der Waals surface area contributed by atoms with Gasteiger partial charge in [-0.2, -0.15) is 4.98 Å². The highest BCUT2D eigenvalue weighted by atomic mass is 32.1. The quantitative estimate of drug-likeness (QED) is 0.752. The van der Waals surface area contributed by atoms with Gasteiger partial charge >= 0.3 is 5.97 Å².